The van der Waals surface area contributed by atoms with Crippen LogP contribution < -0.4 is 11.5 Å². The zero-order valence-corrected chi connectivity index (χ0v) is 10.2. The lowest BCUT2D eigenvalue weighted by Gasteiger charge is -2.12. The number of rotatable bonds is 4. The molecule has 1 atom stereocenters. The van der Waals surface area contributed by atoms with Crippen molar-refractivity contribution in [3.63, 3.8) is 0 Å². The molecule has 1 aromatic rings. The fourth-order valence-corrected chi connectivity index (χ4v) is 1.51. The van der Waals surface area contributed by atoms with Crippen LogP contribution in [0.1, 0.15) is 11.1 Å². The van der Waals surface area contributed by atoms with E-state index in [0.717, 1.165) is 5.56 Å². The van der Waals surface area contributed by atoms with Crippen LogP contribution in [0, 0.1) is 0 Å². The van der Waals surface area contributed by atoms with Gasteiger partial charge in [-0.1, -0.05) is 18.3 Å². The molecule has 0 aromatic heterocycles. The summed E-state index contributed by atoms with van der Waals surface area (Å²) in [6.45, 7) is -0.0996. The van der Waals surface area contributed by atoms with Crippen LogP contribution in [0.15, 0.2) is 18.2 Å². The first-order valence-corrected chi connectivity index (χ1v) is 4.93. The quantitative estimate of drug-likeness (QED) is 0.586. The number of aliphatic hydroxyl groups is 1. The van der Waals surface area contributed by atoms with Crippen molar-refractivity contribution < 1.29 is 10.2 Å². The summed E-state index contributed by atoms with van der Waals surface area (Å²) in [6.07, 6.45) is 0.476. The van der Waals surface area contributed by atoms with E-state index in [1.807, 2.05) is 0 Å². The van der Waals surface area contributed by atoms with Crippen LogP contribution in [0.5, 0.6) is 5.75 Å². The molecule has 0 radical (unpaired) electrons. The highest BCUT2D eigenvalue weighted by Gasteiger charge is 2.09. The molecule has 1 rings (SSSR count). The lowest BCUT2D eigenvalue weighted by atomic mass is 10.0. The van der Waals surface area contributed by atoms with Gasteiger partial charge in [-0.15, -0.1) is 12.4 Å². The van der Waals surface area contributed by atoms with Gasteiger partial charge in [0.1, 0.15) is 10.7 Å². The number of halogens is 1. The number of phenolic OH excluding ortho intramolecular Hbond substituents is 1. The Balaban J connectivity index is 0.00000225. The molecule has 0 fully saturated rings. The van der Waals surface area contributed by atoms with Gasteiger partial charge in [0.05, 0.1) is 6.61 Å². The fraction of sp³-hybridized carbons (Fsp3) is 0.300. The first-order chi connectivity index (χ1) is 7.04. The highest BCUT2D eigenvalue weighted by Crippen LogP contribution is 2.17. The molecule has 0 saturated carbocycles. The maximum Gasteiger partial charge on any atom is 0.116 e. The summed E-state index contributed by atoms with van der Waals surface area (Å²) in [5.41, 5.74) is 12.6. The Bertz CT molecular complexity index is 374. The number of phenols is 1. The molecule has 0 aliphatic heterocycles. The number of thiocarbonyl (C=S) groups is 1. The van der Waals surface area contributed by atoms with Gasteiger partial charge in [0.25, 0.3) is 0 Å². The average Bonchev–Trinajstić information content (AvgIpc) is 2.20. The van der Waals surface area contributed by atoms with Gasteiger partial charge in [-0.05, 0) is 24.1 Å². The lowest BCUT2D eigenvalue weighted by Crippen LogP contribution is -2.28. The van der Waals surface area contributed by atoms with Crippen LogP contribution in [0.3, 0.4) is 0 Å². The van der Waals surface area contributed by atoms with Gasteiger partial charge < -0.3 is 21.7 Å². The smallest absolute Gasteiger partial charge is 0.116 e. The third-order valence-corrected chi connectivity index (χ3v) is 2.30. The Morgan fingerprint density at radius 3 is 2.56 bits per heavy atom. The third kappa shape index (κ3) is 3.94. The van der Waals surface area contributed by atoms with E-state index < -0.39 is 0 Å². The number of nitrogens with two attached hydrogens (primary N) is 2. The van der Waals surface area contributed by atoms with Crippen LogP contribution in [0.25, 0.3) is 0 Å². The van der Waals surface area contributed by atoms with Crippen LogP contribution in [-0.4, -0.2) is 27.9 Å². The second-order valence-corrected chi connectivity index (χ2v) is 3.79. The summed E-state index contributed by atoms with van der Waals surface area (Å²) in [5.74, 6) is 0.110. The van der Waals surface area contributed by atoms with Crippen LogP contribution in [-0.2, 0) is 6.42 Å². The average molecular weight is 263 g/mol. The van der Waals surface area contributed by atoms with Crippen molar-refractivity contribution in [1.82, 2.24) is 0 Å². The first kappa shape index (κ1) is 15.1. The molecule has 0 bridgehead atoms. The van der Waals surface area contributed by atoms with Crippen molar-refractivity contribution in [3.05, 3.63) is 29.3 Å². The topological polar surface area (TPSA) is 92.5 Å². The minimum atomic E-state index is -0.345. The molecule has 0 spiro atoms. The van der Waals surface area contributed by atoms with Gasteiger partial charge in [0.15, 0.2) is 0 Å². The van der Waals surface area contributed by atoms with Crippen LogP contribution in [0.4, 0.5) is 0 Å². The molecular weight excluding hydrogens is 248 g/mol. The largest absolute Gasteiger partial charge is 0.508 e. The molecule has 6 heteroatoms. The Labute approximate surface area is 106 Å². The van der Waals surface area contributed by atoms with E-state index in [4.69, 9.17) is 28.8 Å². The number of hydrogen-bond acceptors (Lipinski definition) is 4. The maximum absolute atomic E-state index is 9.28. The molecule has 0 saturated heterocycles. The van der Waals surface area contributed by atoms with E-state index in [-0.39, 0.29) is 35.8 Å². The van der Waals surface area contributed by atoms with E-state index in [1.165, 1.54) is 6.07 Å². The number of aromatic hydroxyl groups is 1. The molecule has 4 nitrogen and oxygen atoms in total. The third-order valence-electron chi connectivity index (χ3n) is 2.08. The van der Waals surface area contributed by atoms with Gasteiger partial charge in [-0.3, -0.25) is 0 Å². The molecule has 0 aliphatic rings. The second kappa shape index (κ2) is 6.65. The summed E-state index contributed by atoms with van der Waals surface area (Å²) in [5, 5.41) is 18.1. The molecule has 1 aromatic carbocycles. The van der Waals surface area contributed by atoms with Gasteiger partial charge in [-0.25, -0.2) is 0 Å². The normalized spacial score (nSPS) is 11.6. The van der Waals surface area contributed by atoms with Crippen molar-refractivity contribution in [2.45, 2.75) is 12.5 Å². The van der Waals surface area contributed by atoms with Gasteiger partial charge in [0.2, 0.25) is 0 Å². The van der Waals surface area contributed by atoms with E-state index in [9.17, 15) is 5.11 Å². The van der Waals surface area contributed by atoms with Crippen molar-refractivity contribution in [2.75, 3.05) is 6.61 Å². The van der Waals surface area contributed by atoms with E-state index in [1.54, 1.807) is 12.1 Å². The standard InChI is InChI=1S/C10H14N2O2S.ClH/c11-7(5-13)3-6-1-2-8(14)4-9(6)10(12)15;/h1-2,4,7,13-14H,3,5,11H2,(H2,12,15);1H/t7-;/m0./s1. The molecule has 6 N–H and O–H groups in total. The van der Waals surface area contributed by atoms with E-state index in [2.05, 4.69) is 0 Å². The molecule has 16 heavy (non-hydrogen) atoms. The van der Waals surface area contributed by atoms with Gasteiger partial charge >= 0.3 is 0 Å². The lowest BCUT2D eigenvalue weighted by molar-refractivity contribution is 0.265. The molecular formula is C10H15ClN2O2S. The minimum Gasteiger partial charge on any atom is -0.508 e. The molecule has 0 unspecified atom stereocenters. The molecule has 0 amide bonds. The molecule has 0 aliphatic carbocycles. The minimum absolute atomic E-state index is 0. The van der Waals surface area contributed by atoms with E-state index >= 15 is 0 Å². The molecule has 90 valence electrons. The SMILES string of the molecule is Cl.NC(=S)c1cc(O)ccc1C[C@H](N)CO. The summed E-state index contributed by atoms with van der Waals surface area (Å²) in [6, 6.07) is 4.41. The van der Waals surface area contributed by atoms with Crippen molar-refractivity contribution in [1.29, 1.82) is 0 Å². The first-order valence-electron chi connectivity index (χ1n) is 4.52. The predicted octanol–water partition coefficient (Wildman–Crippen LogP) is 0.310. The van der Waals surface area contributed by atoms with E-state index in [0.29, 0.717) is 12.0 Å². The fourth-order valence-electron chi connectivity index (χ4n) is 1.32. The summed E-state index contributed by atoms with van der Waals surface area (Å²) in [7, 11) is 0. The van der Waals surface area contributed by atoms with Crippen LogP contribution in [0.2, 0.25) is 0 Å². The van der Waals surface area contributed by atoms with Crippen molar-refractivity contribution in [3.8, 4) is 5.75 Å². The predicted molar refractivity (Wildman–Crippen MR) is 70.0 cm³/mol. The number of benzene rings is 1. The Morgan fingerprint density at radius 2 is 2.06 bits per heavy atom. The van der Waals surface area contributed by atoms with Crippen LogP contribution >= 0.6 is 24.6 Å². The number of hydrogen-bond donors (Lipinski definition) is 4. The number of aliphatic hydroxyl groups excluding tert-OH is 1. The summed E-state index contributed by atoms with van der Waals surface area (Å²) in [4.78, 5) is 0.214. The van der Waals surface area contributed by atoms with Crippen molar-refractivity contribution in [2.24, 2.45) is 11.5 Å². The maximum atomic E-state index is 9.28. The molecule has 0 heterocycles. The Morgan fingerprint density at radius 1 is 1.44 bits per heavy atom. The summed E-state index contributed by atoms with van der Waals surface area (Å²) >= 11 is 4.86. The van der Waals surface area contributed by atoms with Gasteiger partial charge in [-0.2, -0.15) is 0 Å². The Kier molecular flexibility index (Phi) is 6.28. The highest BCUT2D eigenvalue weighted by atomic mass is 35.5. The zero-order chi connectivity index (χ0) is 11.4. The Hall–Kier alpha value is -0.880. The highest BCUT2D eigenvalue weighted by molar-refractivity contribution is 7.80. The van der Waals surface area contributed by atoms with Crippen molar-refractivity contribution >= 4 is 29.6 Å². The summed E-state index contributed by atoms with van der Waals surface area (Å²) < 4.78 is 0. The van der Waals surface area contributed by atoms with Gasteiger partial charge in [0, 0.05) is 11.6 Å². The zero-order valence-electron chi connectivity index (χ0n) is 8.59. The monoisotopic (exact) mass is 262 g/mol. The second-order valence-electron chi connectivity index (χ2n) is 3.35.